The van der Waals surface area contributed by atoms with Gasteiger partial charge < -0.3 is 9.47 Å². The highest BCUT2D eigenvalue weighted by Gasteiger charge is 2.31. The molecule has 3 aromatic rings. The van der Waals surface area contributed by atoms with Crippen molar-refractivity contribution in [2.24, 2.45) is 0 Å². The molecule has 0 aliphatic carbocycles. The number of esters is 1. The minimum atomic E-state index is -0.351. The molecule has 0 radical (unpaired) electrons. The minimum Gasteiger partial charge on any atom is -0.482 e. The highest BCUT2D eigenvalue weighted by Crippen LogP contribution is 2.32. The van der Waals surface area contributed by atoms with Crippen LogP contribution in [-0.2, 0) is 14.9 Å². The zero-order chi connectivity index (χ0) is 21.6. The van der Waals surface area contributed by atoms with Crippen LogP contribution >= 0.6 is 0 Å². The van der Waals surface area contributed by atoms with Gasteiger partial charge in [-0.25, -0.2) is 4.79 Å². The van der Waals surface area contributed by atoms with E-state index in [0.29, 0.717) is 12.4 Å². The number of rotatable bonds is 8. The van der Waals surface area contributed by atoms with E-state index in [4.69, 9.17) is 9.47 Å². The molecule has 3 aromatic carbocycles. The summed E-state index contributed by atoms with van der Waals surface area (Å²) >= 11 is -0.264. The van der Waals surface area contributed by atoms with Crippen molar-refractivity contribution >= 4 is 5.97 Å². The number of halogens is 1. The number of hydrogen-bond acceptors (Lipinski definition) is 3. The largest absolute Gasteiger partial charge is 0.482 e. The third-order valence-corrected chi connectivity index (χ3v) is 7.87. The molecule has 0 unspecified atom stereocenters. The predicted octanol–water partition coefficient (Wildman–Crippen LogP) is 2.39. The van der Waals surface area contributed by atoms with Crippen molar-refractivity contribution in [2.45, 2.75) is 33.1 Å². The van der Waals surface area contributed by atoms with Crippen molar-refractivity contribution < 1.29 is 35.5 Å². The first-order valence-electron chi connectivity index (χ1n) is 10.1. The summed E-state index contributed by atoms with van der Waals surface area (Å²) in [5, 5.41) is 0. The summed E-state index contributed by atoms with van der Waals surface area (Å²) in [5.74, 6) is 0.318. The highest BCUT2D eigenvalue weighted by molar-refractivity contribution is 5.71. The molecule has 3 nitrogen and oxygen atoms in total. The van der Waals surface area contributed by atoms with E-state index in [9.17, 15) is 4.79 Å². The molecule has 0 saturated carbocycles. The van der Waals surface area contributed by atoms with Gasteiger partial charge in [0.1, 0.15) is 5.75 Å². The number of aryl methyl sites for hydroxylation is 1. The van der Waals surface area contributed by atoms with Gasteiger partial charge in [0.05, 0.1) is 6.61 Å². The van der Waals surface area contributed by atoms with Crippen molar-refractivity contribution in [3.8, 4) is 5.75 Å². The Bertz CT molecular complexity index is 976. The van der Waals surface area contributed by atoms with E-state index in [2.05, 4.69) is 81.4 Å². The number of ether oxygens (including phenoxy) is 2. The monoisotopic (exact) mass is 515 g/mol. The van der Waals surface area contributed by atoms with Gasteiger partial charge in [-0.2, -0.15) is 0 Å². The fraction of sp³-hybridized carbons (Fsp3) is 0.269. The van der Waals surface area contributed by atoms with Gasteiger partial charge in [-0.05, 0) is 49.7 Å². The SMILES string of the molecule is CCOC(=O)COc1ccc(C(C)(C)c2ccccc2[I+]c2ccc(C)cc2)cc1. The van der Waals surface area contributed by atoms with Gasteiger partial charge in [-0.1, -0.05) is 61.9 Å². The quantitative estimate of drug-likeness (QED) is 0.342. The second-order valence-electron chi connectivity index (χ2n) is 7.61. The summed E-state index contributed by atoms with van der Waals surface area (Å²) in [7, 11) is 0. The van der Waals surface area contributed by atoms with Gasteiger partial charge in [-0.3, -0.25) is 0 Å². The lowest BCUT2D eigenvalue weighted by Gasteiger charge is -2.26. The maximum Gasteiger partial charge on any atom is 0.358 e. The smallest absolute Gasteiger partial charge is 0.358 e. The molecule has 0 fully saturated rings. The first-order chi connectivity index (χ1) is 14.4. The summed E-state index contributed by atoms with van der Waals surface area (Å²) in [4.78, 5) is 11.5. The van der Waals surface area contributed by atoms with Crippen LogP contribution in [0.3, 0.4) is 0 Å². The van der Waals surface area contributed by atoms with Crippen molar-refractivity contribution in [1.29, 1.82) is 0 Å². The number of carbonyl (C=O) groups excluding carboxylic acids is 1. The predicted molar refractivity (Wildman–Crippen MR) is 116 cm³/mol. The van der Waals surface area contributed by atoms with Crippen LogP contribution in [0.15, 0.2) is 72.8 Å². The molecule has 0 aliphatic rings. The molecule has 0 saturated heterocycles. The van der Waals surface area contributed by atoms with Gasteiger partial charge >= 0.3 is 27.2 Å². The van der Waals surface area contributed by atoms with Crippen LogP contribution in [0.2, 0.25) is 0 Å². The Labute approximate surface area is 189 Å². The maximum absolute atomic E-state index is 11.5. The fourth-order valence-electron chi connectivity index (χ4n) is 3.23. The summed E-state index contributed by atoms with van der Waals surface area (Å²) in [6.45, 7) is 8.73. The first-order valence-corrected chi connectivity index (χ1v) is 12.3. The maximum atomic E-state index is 11.5. The third kappa shape index (κ3) is 5.63. The minimum absolute atomic E-state index is 0.0690. The van der Waals surface area contributed by atoms with E-state index in [1.165, 1.54) is 23.8 Å². The lowest BCUT2D eigenvalue weighted by Crippen LogP contribution is -3.61. The Kier molecular flexibility index (Phi) is 7.53. The summed E-state index contributed by atoms with van der Waals surface area (Å²) in [6, 6.07) is 25.7. The van der Waals surface area contributed by atoms with Gasteiger partial charge in [0.15, 0.2) is 13.7 Å². The van der Waals surface area contributed by atoms with Crippen LogP contribution in [-0.4, -0.2) is 19.2 Å². The van der Waals surface area contributed by atoms with Crippen molar-refractivity contribution in [2.75, 3.05) is 13.2 Å². The van der Waals surface area contributed by atoms with E-state index >= 15 is 0 Å². The van der Waals surface area contributed by atoms with Crippen molar-refractivity contribution in [3.05, 3.63) is 96.6 Å². The Morgan fingerprint density at radius 1 is 0.933 bits per heavy atom. The van der Waals surface area contributed by atoms with Crippen LogP contribution in [0, 0.1) is 14.1 Å². The second kappa shape index (κ2) is 10.1. The standard InChI is InChI=1S/C26H28IO3/c1-5-29-25(28)18-30-22-16-12-20(13-17-22)26(3,4)23-8-6-7-9-24(23)27-21-14-10-19(2)11-15-21/h6-17H,5,18H2,1-4H3/q+1. The van der Waals surface area contributed by atoms with E-state index in [1.54, 1.807) is 6.92 Å². The van der Waals surface area contributed by atoms with Crippen molar-refractivity contribution in [3.63, 3.8) is 0 Å². The lowest BCUT2D eigenvalue weighted by atomic mass is 9.78. The van der Waals surface area contributed by atoms with Crippen LogP contribution in [0.4, 0.5) is 0 Å². The fourth-order valence-corrected chi connectivity index (χ4v) is 6.15. The molecule has 3 rings (SSSR count). The van der Waals surface area contributed by atoms with Gasteiger partial charge in [-0.15, -0.1) is 0 Å². The molecule has 0 aromatic heterocycles. The number of hydrogen-bond donors (Lipinski definition) is 0. The van der Waals surface area contributed by atoms with Crippen LogP contribution < -0.4 is 25.9 Å². The first kappa shape index (κ1) is 22.3. The van der Waals surface area contributed by atoms with Crippen LogP contribution in [0.1, 0.15) is 37.5 Å². The second-order valence-corrected chi connectivity index (χ2v) is 10.6. The molecular weight excluding hydrogens is 487 g/mol. The summed E-state index contributed by atoms with van der Waals surface area (Å²) < 4.78 is 13.3. The summed E-state index contributed by atoms with van der Waals surface area (Å²) in [5.41, 5.74) is 3.73. The molecule has 4 heteroatoms. The normalized spacial score (nSPS) is 11.2. The highest BCUT2D eigenvalue weighted by atomic mass is 127. The van der Waals surface area contributed by atoms with Crippen LogP contribution in [0.5, 0.6) is 5.75 Å². The average Bonchev–Trinajstić information content (AvgIpc) is 2.75. The molecule has 0 bridgehead atoms. The van der Waals surface area contributed by atoms with E-state index in [-0.39, 0.29) is 39.2 Å². The molecule has 0 amide bonds. The topological polar surface area (TPSA) is 35.5 Å². The van der Waals surface area contributed by atoms with Crippen LogP contribution in [0.25, 0.3) is 0 Å². The average molecular weight is 515 g/mol. The molecule has 156 valence electrons. The zero-order valence-corrected chi connectivity index (χ0v) is 20.1. The van der Waals surface area contributed by atoms with E-state index in [0.717, 1.165) is 0 Å². The lowest BCUT2D eigenvalue weighted by molar-refractivity contribution is -0.598. The molecule has 0 N–H and O–H groups in total. The molecule has 30 heavy (non-hydrogen) atoms. The van der Waals surface area contributed by atoms with Gasteiger partial charge in [0, 0.05) is 11.0 Å². The Hall–Kier alpha value is -2.34. The van der Waals surface area contributed by atoms with Crippen molar-refractivity contribution in [1.82, 2.24) is 0 Å². The number of carbonyl (C=O) groups is 1. The van der Waals surface area contributed by atoms with E-state index in [1.807, 2.05) is 12.1 Å². The van der Waals surface area contributed by atoms with E-state index < -0.39 is 0 Å². The summed E-state index contributed by atoms with van der Waals surface area (Å²) in [6.07, 6.45) is 0. The molecule has 0 atom stereocenters. The Balaban J connectivity index is 1.79. The third-order valence-electron chi connectivity index (χ3n) is 5.01. The molecule has 0 spiro atoms. The van der Waals surface area contributed by atoms with Gasteiger partial charge in [0.2, 0.25) is 0 Å². The molecule has 0 aliphatic heterocycles. The molecule has 0 heterocycles. The van der Waals surface area contributed by atoms with Gasteiger partial charge in [0.25, 0.3) is 0 Å². The number of benzene rings is 3. The Morgan fingerprint density at radius 3 is 2.27 bits per heavy atom. The zero-order valence-electron chi connectivity index (χ0n) is 17.9. The molecular formula is C26H28IO3+. The Morgan fingerprint density at radius 2 is 1.60 bits per heavy atom.